The van der Waals surface area contributed by atoms with Gasteiger partial charge in [0, 0.05) is 31.6 Å². The fraction of sp³-hybridized carbons (Fsp3) is 0.269. The van der Waals surface area contributed by atoms with E-state index in [1.165, 1.54) is 7.05 Å². The molecule has 0 saturated heterocycles. The Morgan fingerprint density at radius 2 is 1.97 bits per heavy atom. The van der Waals surface area contributed by atoms with Gasteiger partial charge in [0.25, 0.3) is 5.84 Å². The summed E-state index contributed by atoms with van der Waals surface area (Å²) in [6.45, 7) is 15.4. The average molecular weight is 547 g/mol. The van der Waals surface area contributed by atoms with E-state index in [-0.39, 0.29) is 6.54 Å². The molecule has 1 atom stereocenters. The molecule has 1 aliphatic rings. The summed E-state index contributed by atoms with van der Waals surface area (Å²) in [6, 6.07) is 6.97. The van der Waals surface area contributed by atoms with Crippen molar-refractivity contribution < 1.29 is 13.2 Å². The number of benzene rings is 1. The molecule has 0 aliphatic carbocycles. The van der Waals surface area contributed by atoms with E-state index >= 15 is 0 Å². The molecule has 1 unspecified atom stereocenters. The highest BCUT2D eigenvalue weighted by atomic mass is 35.5. The van der Waals surface area contributed by atoms with Gasteiger partial charge in [-0.15, -0.1) is 0 Å². The third kappa shape index (κ3) is 6.53. The zero-order valence-corrected chi connectivity index (χ0v) is 22.4. The molecule has 0 fully saturated rings. The first kappa shape index (κ1) is 28.7. The minimum Gasteiger partial charge on any atom is -0.388 e. The van der Waals surface area contributed by atoms with Crippen LogP contribution in [0.4, 0.5) is 24.7 Å². The second-order valence-electron chi connectivity index (χ2n) is 8.69. The van der Waals surface area contributed by atoms with E-state index in [0.717, 1.165) is 33.1 Å². The monoisotopic (exact) mass is 546 g/mol. The Morgan fingerprint density at radius 1 is 1.26 bits per heavy atom. The zero-order valence-electron chi connectivity index (χ0n) is 21.6. The molecule has 8 nitrogen and oxygen atoms in total. The summed E-state index contributed by atoms with van der Waals surface area (Å²) in [5.74, 6) is -0.925. The van der Waals surface area contributed by atoms with E-state index in [1.54, 1.807) is 30.4 Å². The molecule has 2 heterocycles. The number of pyridine rings is 1. The number of anilines is 2. The van der Waals surface area contributed by atoms with Crippen molar-refractivity contribution in [1.29, 1.82) is 0 Å². The Labute approximate surface area is 225 Å². The van der Waals surface area contributed by atoms with Crippen molar-refractivity contribution in [2.45, 2.75) is 26.1 Å². The third-order valence-electron chi connectivity index (χ3n) is 5.67. The van der Waals surface area contributed by atoms with Gasteiger partial charge < -0.3 is 10.6 Å². The molecule has 0 amide bonds. The number of nitrogens with one attached hydrogen (secondary N) is 3. The molecule has 0 radical (unpaired) electrons. The van der Waals surface area contributed by atoms with E-state index in [9.17, 15) is 13.2 Å². The van der Waals surface area contributed by atoms with E-state index in [2.05, 4.69) is 51.0 Å². The summed E-state index contributed by atoms with van der Waals surface area (Å²) in [7, 11) is 3.21. The lowest BCUT2D eigenvalue weighted by Gasteiger charge is -2.27. The minimum atomic E-state index is -4.72. The van der Waals surface area contributed by atoms with E-state index < -0.39 is 18.1 Å². The van der Waals surface area contributed by atoms with Crippen LogP contribution in [0.3, 0.4) is 0 Å². The number of rotatable bonds is 9. The smallest absolute Gasteiger partial charge is 0.388 e. The first-order chi connectivity index (χ1) is 17.8. The quantitative estimate of drug-likeness (QED) is 0.226. The maximum atomic E-state index is 13.1. The van der Waals surface area contributed by atoms with Crippen molar-refractivity contribution in [2.75, 3.05) is 31.0 Å². The van der Waals surface area contributed by atoms with Crippen LogP contribution in [-0.2, 0) is 0 Å². The van der Waals surface area contributed by atoms with Crippen molar-refractivity contribution >= 4 is 41.4 Å². The summed E-state index contributed by atoms with van der Waals surface area (Å²) in [6.07, 6.45) is -1.31. The SMILES string of the molecule is C=N/C(=N\N(C)CC1C=C(C(=C)Nc2c(C)cc(C)cc2C(=C)NC)N(c2ncccc2Cl)N1)C(F)(F)F. The molecule has 3 N–H and O–H groups in total. The van der Waals surface area contributed by atoms with Gasteiger partial charge in [-0.2, -0.15) is 18.3 Å². The van der Waals surface area contributed by atoms with Gasteiger partial charge in [-0.05, 0) is 50.4 Å². The van der Waals surface area contributed by atoms with Gasteiger partial charge in [0.1, 0.15) is 0 Å². The fourth-order valence-corrected chi connectivity index (χ4v) is 4.18. The minimum absolute atomic E-state index is 0.0677. The lowest BCUT2D eigenvalue weighted by Crippen LogP contribution is -2.43. The Morgan fingerprint density at radius 3 is 2.58 bits per heavy atom. The lowest BCUT2D eigenvalue weighted by atomic mass is 10.0. The fourth-order valence-electron chi connectivity index (χ4n) is 3.97. The number of likely N-dealkylation sites (N-methyl/N-ethyl adjacent to an activating group) is 1. The number of amidine groups is 1. The maximum Gasteiger partial charge on any atom is 0.453 e. The predicted molar refractivity (Wildman–Crippen MR) is 149 cm³/mol. The van der Waals surface area contributed by atoms with Crippen LogP contribution in [0.25, 0.3) is 5.70 Å². The number of hydrazone groups is 1. The molecular weight excluding hydrogens is 517 g/mol. The van der Waals surface area contributed by atoms with Gasteiger partial charge in [0.05, 0.1) is 34.7 Å². The molecule has 2 aromatic rings. The van der Waals surface area contributed by atoms with Gasteiger partial charge in [-0.25, -0.2) is 15.4 Å². The van der Waals surface area contributed by atoms with Crippen molar-refractivity contribution in [1.82, 2.24) is 20.7 Å². The highest BCUT2D eigenvalue weighted by molar-refractivity contribution is 6.33. The molecule has 3 rings (SSSR count). The van der Waals surface area contributed by atoms with Crippen LogP contribution in [0.1, 0.15) is 16.7 Å². The maximum absolute atomic E-state index is 13.1. The number of nitrogens with zero attached hydrogens (tertiary/aromatic N) is 5. The summed E-state index contributed by atoms with van der Waals surface area (Å²) in [4.78, 5) is 7.39. The highest BCUT2D eigenvalue weighted by Gasteiger charge is 2.36. The van der Waals surface area contributed by atoms with Gasteiger partial charge in [0.15, 0.2) is 5.82 Å². The normalized spacial score (nSPS) is 15.7. The Balaban J connectivity index is 1.97. The highest BCUT2D eigenvalue weighted by Crippen LogP contribution is 2.33. The number of aryl methyl sites for hydroxylation is 2. The largest absolute Gasteiger partial charge is 0.453 e. The summed E-state index contributed by atoms with van der Waals surface area (Å²) in [5, 5.41) is 13.2. The second-order valence-corrected chi connectivity index (χ2v) is 9.10. The first-order valence-corrected chi connectivity index (χ1v) is 11.9. The predicted octanol–water partition coefficient (Wildman–Crippen LogP) is 5.25. The first-order valence-electron chi connectivity index (χ1n) is 11.5. The molecule has 12 heteroatoms. The topological polar surface area (TPSA) is 80.2 Å². The second kappa shape index (κ2) is 11.7. The number of hydrazine groups is 1. The number of halogens is 4. The van der Waals surface area contributed by atoms with Crippen LogP contribution in [0.2, 0.25) is 5.02 Å². The van der Waals surface area contributed by atoms with Crippen LogP contribution in [-0.4, -0.2) is 55.4 Å². The number of aromatic nitrogens is 1. The van der Waals surface area contributed by atoms with Gasteiger partial charge >= 0.3 is 6.18 Å². The molecule has 1 aromatic heterocycles. The van der Waals surface area contributed by atoms with E-state index in [1.807, 2.05) is 32.1 Å². The number of aliphatic imine (C=N–C) groups is 1. The van der Waals surface area contributed by atoms with Crippen molar-refractivity contribution in [3.63, 3.8) is 0 Å². The summed E-state index contributed by atoms with van der Waals surface area (Å²) >= 11 is 6.44. The van der Waals surface area contributed by atoms with E-state index in [0.29, 0.717) is 22.2 Å². The summed E-state index contributed by atoms with van der Waals surface area (Å²) < 4.78 is 39.3. The summed E-state index contributed by atoms with van der Waals surface area (Å²) in [5.41, 5.74) is 8.79. The van der Waals surface area contributed by atoms with Crippen LogP contribution >= 0.6 is 11.6 Å². The van der Waals surface area contributed by atoms with Crippen LogP contribution in [0, 0.1) is 13.8 Å². The Kier molecular flexibility index (Phi) is 8.85. The van der Waals surface area contributed by atoms with Crippen LogP contribution in [0.15, 0.2) is 71.2 Å². The average Bonchev–Trinajstić information content (AvgIpc) is 3.26. The van der Waals surface area contributed by atoms with Crippen LogP contribution < -0.4 is 21.1 Å². The van der Waals surface area contributed by atoms with E-state index in [4.69, 9.17) is 11.6 Å². The van der Waals surface area contributed by atoms with Gasteiger partial charge in [-0.1, -0.05) is 36.4 Å². The van der Waals surface area contributed by atoms with Crippen molar-refractivity contribution in [3.8, 4) is 0 Å². The molecule has 38 heavy (non-hydrogen) atoms. The van der Waals surface area contributed by atoms with Crippen LogP contribution in [0.5, 0.6) is 0 Å². The molecule has 0 saturated carbocycles. The number of alkyl halides is 3. The third-order valence-corrected chi connectivity index (χ3v) is 5.96. The lowest BCUT2D eigenvalue weighted by molar-refractivity contribution is -0.0610. The standard InChI is InChI=1S/C26H30ClF3N8/c1-15-11-16(2)23(20(12-15)17(3)31-5)34-18(4)22-13-19(14-37(7)36-25(32-6)26(28,29)30)35-38(22)24-21(27)9-8-10-33-24/h8-13,19,31,34-35H,3-4,6,14H2,1-2,5,7H3/b36-25-. The van der Waals surface area contributed by atoms with Crippen molar-refractivity contribution in [3.05, 3.63) is 82.8 Å². The molecular formula is C26H30ClF3N8. The number of hydrogen-bond acceptors (Lipinski definition) is 7. The Hall–Kier alpha value is -3.83. The number of hydrogen-bond donors (Lipinski definition) is 3. The molecule has 1 aliphatic heterocycles. The van der Waals surface area contributed by atoms with Gasteiger partial charge in [0.2, 0.25) is 0 Å². The Bertz CT molecular complexity index is 1300. The molecule has 202 valence electrons. The molecule has 0 spiro atoms. The van der Waals surface area contributed by atoms with Crippen molar-refractivity contribution in [2.24, 2.45) is 10.1 Å². The van der Waals surface area contributed by atoms with Gasteiger partial charge in [-0.3, -0.25) is 10.0 Å². The molecule has 1 aromatic carbocycles. The molecule has 0 bridgehead atoms. The zero-order chi connectivity index (χ0) is 28.2.